The molecule has 0 aromatic heterocycles. The van der Waals surface area contributed by atoms with Gasteiger partial charge in [0.1, 0.15) is 5.75 Å². The molecule has 1 aromatic rings. The van der Waals surface area contributed by atoms with Gasteiger partial charge in [0, 0.05) is 0 Å². The maximum atomic E-state index is 11.2. The van der Waals surface area contributed by atoms with Crippen LogP contribution in [0, 0.1) is 6.92 Å². The second kappa shape index (κ2) is 4.65. The third kappa shape index (κ3) is 2.49. The largest absolute Gasteiger partial charge is 0.508 e. The van der Waals surface area contributed by atoms with Crippen molar-refractivity contribution >= 4 is 5.97 Å². The molecule has 0 aliphatic rings. The lowest BCUT2D eigenvalue weighted by Gasteiger charge is -2.06. The minimum absolute atomic E-state index is 0.215. The van der Waals surface area contributed by atoms with Gasteiger partial charge in [-0.15, -0.1) is 0 Å². The Labute approximate surface area is 83.3 Å². The van der Waals surface area contributed by atoms with Crippen LogP contribution in [0.2, 0.25) is 0 Å². The molecule has 14 heavy (non-hydrogen) atoms. The highest BCUT2D eigenvalue weighted by atomic mass is 16.5. The summed E-state index contributed by atoms with van der Waals surface area (Å²) in [6.45, 7) is 3.94. The van der Waals surface area contributed by atoms with Crippen molar-refractivity contribution in [2.24, 2.45) is 0 Å². The molecular formula is C11H14O3. The van der Waals surface area contributed by atoms with Gasteiger partial charge < -0.3 is 9.84 Å². The van der Waals surface area contributed by atoms with Crippen LogP contribution >= 0.6 is 0 Å². The highest BCUT2D eigenvalue weighted by molar-refractivity contribution is 5.73. The maximum Gasteiger partial charge on any atom is 0.310 e. The van der Waals surface area contributed by atoms with Crippen molar-refractivity contribution in [1.29, 1.82) is 0 Å². The van der Waals surface area contributed by atoms with Gasteiger partial charge in [-0.05, 0) is 31.0 Å². The van der Waals surface area contributed by atoms with E-state index in [4.69, 9.17) is 4.74 Å². The van der Waals surface area contributed by atoms with E-state index in [2.05, 4.69) is 0 Å². The third-order valence-electron chi connectivity index (χ3n) is 2.06. The van der Waals surface area contributed by atoms with E-state index in [0.29, 0.717) is 6.61 Å². The maximum absolute atomic E-state index is 11.2. The number of hydrogen-bond donors (Lipinski definition) is 1. The summed E-state index contributed by atoms with van der Waals surface area (Å²) in [5.41, 5.74) is 1.55. The Kier molecular flexibility index (Phi) is 3.51. The van der Waals surface area contributed by atoms with Crippen LogP contribution in [0.15, 0.2) is 18.2 Å². The van der Waals surface area contributed by atoms with Crippen LogP contribution in [-0.2, 0) is 16.0 Å². The summed E-state index contributed by atoms with van der Waals surface area (Å²) in [6, 6.07) is 5.13. The zero-order chi connectivity index (χ0) is 10.6. The molecule has 0 spiro atoms. The van der Waals surface area contributed by atoms with Crippen molar-refractivity contribution in [3.8, 4) is 5.75 Å². The molecule has 1 N–H and O–H groups in total. The number of rotatable bonds is 3. The van der Waals surface area contributed by atoms with Crippen LogP contribution in [0.1, 0.15) is 18.1 Å². The summed E-state index contributed by atoms with van der Waals surface area (Å²) in [6.07, 6.45) is 0.216. The first-order chi connectivity index (χ1) is 6.65. The summed E-state index contributed by atoms with van der Waals surface area (Å²) < 4.78 is 4.82. The van der Waals surface area contributed by atoms with Gasteiger partial charge in [0.15, 0.2) is 0 Å². The normalized spacial score (nSPS) is 9.86. The smallest absolute Gasteiger partial charge is 0.310 e. The number of phenols is 1. The van der Waals surface area contributed by atoms with Gasteiger partial charge in [0.25, 0.3) is 0 Å². The summed E-state index contributed by atoms with van der Waals surface area (Å²) in [5, 5.41) is 9.39. The van der Waals surface area contributed by atoms with Crippen molar-refractivity contribution in [3.05, 3.63) is 29.3 Å². The molecule has 1 aromatic carbocycles. The molecule has 0 aliphatic carbocycles. The SMILES string of the molecule is CCOC(=O)Cc1cccc(O)c1C. The van der Waals surface area contributed by atoms with Gasteiger partial charge in [0.2, 0.25) is 0 Å². The number of aromatic hydroxyl groups is 1. The quantitative estimate of drug-likeness (QED) is 0.746. The van der Waals surface area contributed by atoms with Crippen molar-refractivity contribution in [1.82, 2.24) is 0 Å². The average Bonchev–Trinajstić information content (AvgIpc) is 2.13. The highest BCUT2D eigenvalue weighted by Gasteiger charge is 2.08. The Bertz CT molecular complexity index is 331. The van der Waals surface area contributed by atoms with Crippen molar-refractivity contribution in [2.45, 2.75) is 20.3 Å². The number of carbonyl (C=O) groups excluding carboxylic acids is 1. The van der Waals surface area contributed by atoms with Gasteiger partial charge in [-0.3, -0.25) is 4.79 Å². The molecule has 0 unspecified atom stereocenters. The second-order valence-electron chi connectivity index (χ2n) is 3.04. The van der Waals surface area contributed by atoms with E-state index in [1.807, 2.05) is 6.07 Å². The molecule has 0 bridgehead atoms. The molecule has 0 aliphatic heterocycles. The summed E-state index contributed by atoms with van der Waals surface area (Å²) in [5.74, 6) is -0.0481. The fraction of sp³-hybridized carbons (Fsp3) is 0.364. The van der Waals surface area contributed by atoms with Gasteiger partial charge >= 0.3 is 5.97 Å². The van der Waals surface area contributed by atoms with Crippen molar-refractivity contribution in [3.63, 3.8) is 0 Å². The Morgan fingerprint density at radius 1 is 1.50 bits per heavy atom. The van der Waals surface area contributed by atoms with E-state index in [0.717, 1.165) is 11.1 Å². The lowest BCUT2D eigenvalue weighted by Crippen LogP contribution is -2.08. The van der Waals surface area contributed by atoms with Crippen LogP contribution in [0.25, 0.3) is 0 Å². The van der Waals surface area contributed by atoms with Gasteiger partial charge in [-0.25, -0.2) is 0 Å². The van der Waals surface area contributed by atoms with Crippen molar-refractivity contribution < 1.29 is 14.6 Å². The zero-order valence-corrected chi connectivity index (χ0v) is 8.41. The fourth-order valence-electron chi connectivity index (χ4n) is 1.23. The monoisotopic (exact) mass is 194 g/mol. The Balaban J connectivity index is 2.76. The molecule has 3 heteroatoms. The van der Waals surface area contributed by atoms with E-state index >= 15 is 0 Å². The number of hydrogen-bond acceptors (Lipinski definition) is 3. The Hall–Kier alpha value is -1.51. The first-order valence-electron chi connectivity index (χ1n) is 4.58. The summed E-state index contributed by atoms with van der Waals surface area (Å²) >= 11 is 0. The Morgan fingerprint density at radius 3 is 2.86 bits per heavy atom. The molecule has 0 saturated carbocycles. The van der Waals surface area contributed by atoms with Gasteiger partial charge in [0.05, 0.1) is 13.0 Å². The lowest BCUT2D eigenvalue weighted by molar-refractivity contribution is -0.142. The number of ether oxygens (including phenoxy) is 1. The van der Waals surface area contributed by atoms with E-state index in [-0.39, 0.29) is 18.1 Å². The highest BCUT2D eigenvalue weighted by Crippen LogP contribution is 2.19. The molecule has 0 atom stereocenters. The van der Waals surface area contributed by atoms with Crippen LogP contribution in [0.5, 0.6) is 5.75 Å². The van der Waals surface area contributed by atoms with Crippen LogP contribution in [0.4, 0.5) is 0 Å². The standard InChI is InChI=1S/C11H14O3/c1-3-14-11(13)7-9-5-4-6-10(12)8(9)2/h4-6,12H,3,7H2,1-2H3. The molecular weight excluding hydrogens is 180 g/mol. The first kappa shape index (κ1) is 10.6. The molecule has 0 heterocycles. The van der Waals surface area contributed by atoms with E-state index < -0.39 is 0 Å². The first-order valence-corrected chi connectivity index (χ1v) is 4.58. The van der Waals surface area contributed by atoms with E-state index in [1.165, 1.54) is 0 Å². The number of esters is 1. The van der Waals surface area contributed by atoms with Crippen LogP contribution in [0.3, 0.4) is 0 Å². The summed E-state index contributed by atoms with van der Waals surface area (Å²) in [4.78, 5) is 11.2. The fourth-order valence-corrected chi connectivity index (χ4v) is 1.23. The number of benzene rings is 1. The predicted molar refractivity (Wildman–Crippen MR) is 53.2 cm³/mol. The number of carbonyl (C=O) groups is 1. The van der Waals surface area contributed by atoms with Gasteiger partial charge in [-0.2, -0.15) is 0 Å². The third-order valence-corrected chi connectivity index (χ3v) is 2.06. The molecule has 0 amide bonds. The molecule has 3 nitrogen and oxygen atoms in total. The van der Waals surface area contributed by atoms with E-state index in [1.54, 1.807) is 26.0 Å². The molecule has 1 rings (SSSR count). The molecule has 0 fully saturated rings. The van der Waals surface area contributed by atoms with Crippen LogP contribution < -0.4 is 0 Å². The predicted octanol–water partition coefficient (Wildman–Crippen LogP) is 1.81. The zero-order valence-electron chi connectivity index (χ0n) is 8.41. The molecule has 76 valence electrons. The number of phenolic OH excluding ortho intramolecular Hbond substituents is 1. The summed E-state index contributed by atoms with van der Waals surface area (Å²) in [7, 11) is 0. The van der Waals surface area contributed by atoms with Gasteiger partial charge in [-0.1, -0.05) is 12.1 Å². The Morgan fingerprint density at radius 2 is 2.21 bits per heavy atom. The molecule has 0 radical (unpaired) electrons. The van der Waals surface area contributed by atoms with E-state index in [9.17, 15) is 9.90 Å². The lowest BCUT2D eigenvalue weighted by atomic mass is 10.1. The molecule has 0 saturated heterocycles. The van der Waals surface area contributed by atoms with Crippen LogP contribution in [-0.4, -0.2) is 17.7 Å². The second-order valence-corrected chi connectivity index (χ2v) is 3.04. The minimum atomic E-state index is -0.263. The minimum Gasteiger partial charge on any atom is -0.508 e. The van der Waals surface area contributed by atoms with Crippen molar-refractivity contribution in [2.75, 3.05) is 6.61 Å². The average molecular weight is 194 g/mol. The topological polar surface area (TPSA) is 46.5 Å².